The Morgan fingerprint density at radius 3 is 2.85 bits per heavy atom. The minimum atomic E-state index is -0.0620. The molecule has 1 aromatic carbocycles. The number of methoxy groups -OCH3 is 1. The van der Waals surface area contributed by atoms with Gasteiger partial charge in [-0.1, -0.05) is 31.9 Å². The SMILES string of the molecule is CCCCCNC(=O)c1cc2oc(C)cc2n1Cc1cccc(OC)c1. The standard InChI is InChI=1S/C21H26N2O3/c1-4-5-6-10-22-21(24)19-13-20-18(11-15(2)26-20)23(19)14-16-8-7-9-17(12-16)25-3/h7-9,11-13H,4-6,10,14H2,1-3H3,(H,22,24). The number of hydrogen-bond donors (Lipinski definition) is 1. The fourth-order valence-electron chi connectivity index (χ4n) is 3.14. The van der Waals surface area contributed by atoms with Crippen LogP contribution in [0.4, 0.5) is 0 Å². The van der Waals surface area contributed by atoms with Gasteiger partial charge in [-0.05, 0) is 31.0 Å². The third-order valence-electron chi connectivity index (χ3n) is 4.49. The van der Waals surface area contributed by atoms with Crippen molar-refractivity contribution in [3.63, 3.8) is 0 Å². The number of carbonyl (C=O) groups excluding carboxylic acids is 1. The Balaban J connectivity index is 1.89. The second kappa shape index (κ2) is 8.13. The highest BCUT2D eigenvalue weighted by Crippen LogP contribution is 2.25. The largest absolute Gasteiger partial charge is 0.497 e. The lowest BCUT2D eigenvalue weighted by Crippen LogP contribution is -2.27. The van der Waals surface area contributed by atoms with Gasteiger partial charge < -0.3 is 19.0 Å². The molecule has 1 N–H and O–H groups in total. The summed E-state index contributed by atoms with van der Waals surface area (Å²) < 4.78 is 13.1. The number of benzene rings is 1. The van der Waals surface area contributed by atoms with E-state index in [9.17, 15) is 4.79 Å². The predicted molar refractivity (Wildman–Crippen MR) is 103 cm³/mol. The lowest BCUT2D eigenvalue weighted by molar-refractivity contribution is 0.0944. The first-order chi connectivity index (χ1) is 12.6. The van der Waals surface area contributed by atoms with E-state index in [1.165, 1.54) is 0 Å². The molecule has 1 amide bonds. The quantitative estimate of drug-likeness (QED) is 0.605. The van der Waals surface area contributed by atoms with Crippen LogP contribution in [-0.2, 0) is 6.54 Å². The Kier molecular flexibility index (Phi) is 5.66. The monoisotopic (exact) mass is 354 g/mol. The molecule has 0 atom stereocenters. The van der Waals surface area contributed by atoms with E-state index in [0.29, 0.717) is 18.8 Å². The van der Waals surface area contributed by atoms with Crippen LogP contribution >= 0.6 is 0 Å². The normalized spacial score (nSPS) is 11.0. The number of hydrogen-bond acceptors (Lipinski definition) is 3. The van der Waals surface area contributed by atoms with Crippen LogP contribution in [0, 0.1) is 6.92 Å². The summed E-state index contributed by atoms with van der Waals surface area (Å²) in [6, 6.07) is 11.7. The molecule has 26 heavy (non-hydrogen) atoms. The molecule has 0 unspecified atom stereocenters. The smallest absolute Gasteiger partial charge is 0.268 e. The van der Waals surface area contributed by atoms with Gasteiger partial charge in [-0.2, -0.15) is 0 Å². The number of nitrogens with one attached hydrogen (secondary N) is 1. The molecule has 0 aliphatic rings. The van der Waals surface area contributed by atoms with Crippen molar-refractivity contribution in [2.75, 3.05) is 13.7 Å². The van der Waals surface area contributed by atoms with Crippen molar-refractivity contribution in [1.29, 1.82) is 0 Å². The van der Waals surface area contributed by atoms with E-state index in [1.807, 2.05) is 47.9 Å². The first kappa shape index (κ1) is 18.1. The van der Waals surface area contributed by atoms with Crippen LogP contribution in [0.15, 0.2) is 40.8 Å². The van der Waals surface area contributed by atoms with Crippen LogP contribution in [0.25, 0.3) is 11.1 Å². The van der Waals surface area contributed by atoms with Crippen LogP contribution in [0.2, 0.25) is 0 Å². The molecule has 3 rings (SSSR count). The van der Waals surface area contributed by atoms with Crippen LogP contribution in [0.5, 0.6) is 5.75 Å². The number of unbranched alkanes of at least 4 members (excludes halogenated alkanes) is 2. The van der Waals surface area contributed by atoms with Crippen molar-refractivity contribution in [1.82, 2.24) is 9.88 Å². The first-order valence-electron chi connectivity index (χ1n) is 9.13. The first-order valence-corrected chi connectivity index (χ1v) is 9.13. The van der Waals surface area contributed by atoms with Crippen molar-refractivity contribution in [2.24, 2.45) is 0 Å². The van der Waals surface area contributed by atoms with Gasteiger partial charge in [-0.3, -0.25) is 4.79 Å². The molecular formula is C21H26N2O3. The second-order valence-corrected chi connectivity index (χ2v) is 6.54. The van der Waals surface area contributed by atoms with Gasteiger partial charge in [0.25, 0.3) is 5.91 Å². The topological polar surface area (TPSA) is 56.4 Å². The summed E-state index contributed by atoms with van der Waals surface area (Å²) in [6.45, 7) is 5.34. The summed E-state index contributed by atoms with van der Waals surface area (Å²) in [4.78, 5) is 12.7. The maximum Gasteiger partial charge on any atom is 0.268 e. The van der Waals surface area contributed by atoms with E-state index in [4.69, 9.17) is 9.15 Å². The van der Waals surface area contributed by atoms with E-state index in [2.05, 4.69) is 12.2 Å². The molecule has 0 bridgehead atoms. The van der Waals surface area contributed by atoms with Crippen molar-refractivity contribution >= 4 is 17.0 Å². The molecule has 0 saturated heterocycles. The summed E-state index contributed by atoms with van der Waals surface area (Å²) in [7, 11) is 1.65. The third kappa shape index (κ3) is 3.93. The number of carbonyl (C=O) groups is 1. The molecular weight excluding hydrogens is 328 g/mol. The van der Waals surface area contributed by atoms with Crippen molar-refractivity contribution < 1.29 is 13.9 Å². The van der Waals surface area contributed by atoms with Crippen LogP contribution in [0.1, 0.15) is 48.0 Å². The van der Waals surface area contributed by atoms with Gasteiger partial charge in [0.15, 0.2) is 5.58 Å². The highest BCUT2D eigenvalue weighted by molar-refractivity contribution is 5.97. The van der Waals surface area contributed by atoms with Gasteiger partial charge in [-0.25, -0.2) is 0 Å². The number of aromatic nitrogens is 1. The molecule has 138 valence electrons. The fraction of sp³-hybridized carbons (Fsp3) is 0.381. The highest BCUT2D eigenvalue weighted by Gasteiger charge is 2.18. The highest BCUT2D eigenvalue weighted by atomic mass is 16.5. The zero-order valence-electron chi connectivity index (χ0n) is 15.7. The van der Waals surface area contributed by atoms with E-state index in [0.717, 1.165) is 47.4 Å². The molecule has 5 nitrogen and oxygen atoms in total. The molecule has 2 heterocycles. The minimum absolute atomic E-state index is 0.0620. The van der Waals surface area contributed by atoms with Gasteiger partial charge in [0.1, 0.15) is 17.2 Å². The maximum atomic E-state index is 12.7. The molecule has 0 aliphatic heterocycles. The van der Waals surface area contributed by atoms with Crippen molar-refractivity contribution in [2.45, 2.75) is 39.7 Å². The lowest BCUT2D eigenvalue weighted by atomic mass is 10.2. The number of nitrogens with zero attached hydrogens (tertiary/aromatic N) is 1. The molecule has 2 aromatic heterocycles. The zero-order chi connectivity index (χ0) is 18.5. The fourth-order valence-corrected chi connectivity index (χ4v) is 3.14. The number of fused-ring (bicyclic) bond motifs is 1. The summed E-state index contributed by atoms with van der Waals surface area (Å²) in [5.74, 6) is 1.58. The molecule has 0 spiro atoms. The van der Waals surface area contributed by atoms with E-state index < -0.39 is 0 Å². The molecule has 0 aliphatic carbocycles. The van der Waals surface area contributed by atoms with E-state index in [1.54, 1.807) is 7.11 Å². The summed E-state index contributed by atoms with van der Waals surface area (Å²) >= 11 is 0. The van der Waals surface area contributed by atoms with Crippen LogP contribution in [-0.4, -0.2) is 24.1 Å². The number of amides is 1. The van der Waals surface area contributed by atoms with Crippen molar-refractivity contribution in [3.05, 3.63) is 53.4 Å². The third-order valence-corrected chi connectivity index (χ3v) is 4.49. The van der Waals surface area contributed by atoms with E-state index >= 15 is 0 Å². The Bertz CT molecular complexity index is 892. The van der Waals surface area contributed by atoms with Crippen molar-refractivity contribution in [3.8, 4) is 5.75 Å². The van der Waals surface area contributed by atoms with Gasteiger partial charge in [0.05, 0.1) is 12.6 Å². The zero-order valence-corrected chi connectivity index (χ0v) is 15.7. The maximum absolute atomic E-state index is 12.7. The molecule has 3 aromatic rings. The van der Waals surface area contributed by atoms with Gasteiger partial charge in [-0.15, -0.1) is 0 Å². The number of ether oxygens (including phenoxy) is 1. The average Bonchev–Trinajstić information content (AvgIpc) is 3.16. The minimum Gasteiger partial charge on any atom is -0.497 e. The molecule has 5 heteroatoms. The van der Waals surface area contributed by atoms with E-state index in [-0.39, 0.29) is 5.91 Å². The number of furan rings is 1. The number of rotatable bonds is 8. The number of aryl methyl sites for hydroxylation is 1. The summed E-state index contributed by atoms with van der Waals surface area (Å²) in [5, 5.41) is 3.02. The van der Waals surface area contributed by atoms with Gasteiger partial charge in [0.2, 0.25) is 0 Å². The summed E-state index contributed by atoms with van der Waals surface area (Å²) in [5.41, 5.74) is 3.37. The predicted octanol–water partition coefficient (Wildman–Crippen LogP) is 4.52. The van der Waals surface area contributed by atoms with Gasteiger partial charge in [0, 0.05) is 25.2 Å². The lowest BCUT2D eigenvalue weighted by Gasteiger charge is -2.11. The Morgan fingerprint density at radius 2 is 2.08 bits per heavy atom. The van der Waals surface area contributed by atoms with Crippen LogP contribution in [0.3, 0.4) is 0 Å². The Morgan fingerprint density at radius 1 is 1.23 bits per heavy atom. The second-order valence-electron chi connectivity index (χ2n) is 6.54. The molecule has 0 radical (unpaired) electrons. The molecule has 0 fully saturated rings. The molecule has 0 saturated carbocycles. The average molecular weight is 354 g/mol. The Labute approximate surface area is 153 Å². The van der Waals surface area contributed by atoms with Gasteiger partial charge >= 0.3 is 0 Å². The Hall–Kier alpha value is -2.69. The summed E-state index contributed by atoms with van der Waals surface area (Å²) in [6.07, 6.45) is 3.25. The van der Waals surface area contributed by atoms with Crippen LogP contribution < -0.4 is 10.1 Å².